The maximum absolute atomic E-state index is 13.1. The molecule has 1 saturated heterocycles. The minimum atomic E-state index is -0.123. The highest BCUT2D eigenvalue weighted by Gasteiger charge is 2.53. The second-order valence-corrected chi connectivity index (χ2v) is 7.61. The van der Waals surface area contributed by atoms with Gasteiger partial charge in [-0.25, -0.2) is 0 Å². The van der Waals surface area contributed by atoms with E-state index in [1.807, 2.05) is 24.3 Å². The normalized spacial score (nSPS) is 23.2. The molecule has 1 fully saturated rings. The van der Waals surface area contributed by atoms with E-state index in [0.717, 1.165) is 43.5 Å². The molecule has 2 aliphatic rings. The van der Waals surface area contributed by atoms with Crippen LogP contribution in [0.2, 0.25) is 0 Å². The molecule has 142 valence electrons. The summed E-state index contributed by atoms with van der Waals surface area (Å²) >= 11 is 0. The molecule has 1 amide bonds. The number of methoxy groups -OCH3 is 1. The molecule has 0 saturated carbocycles. The van der Waals surface area contributed by atoms with Crippen LogP contribution >= 0.6 is 0 Å². The van der Waals surface area contributed by atoms with Gasteiger partial charge in [0.2, 0.25) is 0 Å². The Kier molecular flexibility index (Phi) is 5.02. The van der Waals surface area contributed by atoms with Crippen LogP contribution in [-0.2, 0) is 16.6 Å². The number of amides is 1. The summed E-state index contributed by atoms with van der Waals surface area (Å²) in [6, 6.07) is 16.3. The lowest BCUT2D eigenvalue weighted by Gasteiger charge is -2.40. The number of hydrogen-bond acceptors (Lipinski definition) is 3. The van der Waals surface area contributed by atoms with Crippen LogP contribution in [0, 0.1) is 0 Å². The molecule has 4 rings (SSSR count). The van der Waals surface area contributed by atoms with Gasteiger partial charge in [0.15, 0.2) is 0 Å². The molecule has 2 aromatic carbocycles. The van der Waals surface area contributed by atoms with Crippen molar-refractivity contribution in [3.05, 3.63) is 70.8 Å². The summed E-state index contributed by atoms with van der Waals surface area (Å²) < 4.78 is 6.05. The molecule has 1 spiro atoms. The summed E-state index contributed by atoms with van der Waals surface area (Å²) in [5.41, 5.74) is 4.35. The molecule has 1 heterocycles. The molecule has 0 unspecified atom stereocenters. The fourth-order valence-electron chi connectivity index (χ4n) is 5.07. The van der Waals surface area contributed by atoms with Crippen LogP contribution < -0.4 is 10.6 Å². The number of rotatable bonds is 4. The van der Waals surface area contributed by atoms with Gasteiger partial charge in [0, 0.05) is 18.1 Å². The maximum atomic E-state index is 13.1. The zero-order valence-corrected chi connectivity index (χ0v) is 16.1. The first kappa shape index (κ1) is 18.2. The first-order chi connectivity index (χ1) is 13.2. The Bertz CT molecular complexity index is 827. The summed E-state index contributed by atoms with van der Waals surface area (Å²) in [4.78, 5) is 13.1. The molecule has 1 aliphatic heterocycles. The zero-order chi connectivity index (χ0) is 18.9. The van der Waals surface area contributed by atoms with Crippen LogP contribution in [0.25, 0.3) is 0 Å². The van der Waals surface area contributed by atoms with Crippen molar-refractivity contribution in [2.75, 3.05) is 20.2 Å². The lowest BCUT2D eigenvalue weighted by Crippen LogP contribution is -2.49. The highest BCUT2D eigenvalue weighted by atomic mass is 16.5. The Hall–Kier alpha value is -2.17. The highest BCUT2D eigenvalue weighted by molar-refractivity contribution is 5.96. The zero-order valence-electron chi connectivity index (χ0n) is 16.1. The molecule has 2 aromatic rings. The number of fused-ring (bicyclic) bond motifs is 2. The van der Waals surface area contributed by atoms with E-state index >= 15 is 0 Å². The Balaban J connectivity index is 1.71. The molecule has 4 nitrogen and oxygen atoms in total. The topological polar surface area (TPSA) is 50.4 Å². The van der Waals surface area contributed by atoms with E-state index in [9.17, 15) is 4.79 Å². The maximum Gasteiger partial charge on any atom is 0.252 e. The summed E-state index contributed by atoms with van der Waals surface area (Å²) in [5.74, 6) is -0.0136. The number of aryl methyl sites for hydroxylation is 1. The number of hydrogen-bond donors (Lipinski definition) is 2. The SMILES string of the molecule is CCc1ccccc1C(=O)N[C@H]1c2ccccc2C2(CCNCC2)[C@@H]1OC. The number of carbonyl (C=O) groups is 1. The molecule has 27 heavy (non-hydrogen) atoms. The van der Waals surface area contributed by atoms with E-state index in [1.165, 1.54) is 11.1 Å². The van der Waals surface area contributed by atoms with E-state index in [-0.39, 0.29) is 23.5 Å². The van der Waals surface area contributed by atoms with Gasteiger partial charge in [-0.15, -0.1) is 0 Å². The van der Waals surface area contributed by atoms with Gasteiger partial charge in [-0.3, -0.25) is 4.79 Å². The quantitative estimate of drug-likeness (QED) is 0.875. The number of piperidine rings is 1. The number of benzene rings is 2. The van der Waals surface area contributed by atoms with Gasteiger partial charge in [0.05, 0.1) is 12.1 Å². The Labute approximate surface area is 161 Å². The summed E-state index contributed by atoms with van der Waals surface area (Å²) in [6.07, 6.45) is 2.85. The molecule has 0 bridgehead atoms. The molecule has 1 aliphatic carbocycles. The van der Waals surface area contributed by atoms with Crippen molar-refractivity contribution in [1.82, 2.24) is 10.6 Å². The Morgan fingerprint density at radius 2 is 1.85 bits per heavy atom. The minimum Gasteiger partial charge on any atom is -0.378 e. The second kappa shape index (κ2) is 7.45. The number of ether oxygens (including phenoxy) is 1. The van der Waals surface area contributed by atoms with Crippen molar-refractivity contribution >= 4 is 5.91 Å². The first-order valence-corrected chi connectivity index (χ1v) is 9.93. The van der Waals surface area contributed by atoms with Crippen LogP contribution in [0.3, 0.4) is 0 Å². The third kappa shape index (κ3) is 2.97. The van der Waals surface area contributed by atoms with Gasteiger partial charge in [-0.05, 0) is 55.1 Å². The van der Waals surface area contributed by atoms with Gasteiger partial charge < -0.3 is 15.4 Å². The van der Waals surface area contributed by atoms with Gasteiger partial charge in [0.1, 0.15) is 0 Å². The van der Waals surface area contributed by atoms with E-state index < -0.39 is 0 Å². The van der Waals surface area contributed by atoms with Crippen LogP contribution in [0.5, 0.6) is 0 Å². The molecule has 2 atom stereocenters. The van der Waals surface area contributed by atoms with Gasteiger partial charge in [-0.1, -0.05) is 49.4 Å². The van der Waals surface area contributed by atoms with Crippen molar-refractivity contribution in [3.63, 3.8) is 0 Å². The van der Waals surface area contributed by atoms with Crippen molar-refractivity contribution < 1.29 is 9.53 Å². The fraction of sp³-hybridized carbons (Fsp3) is 0.435. The van der Waals surface area contributed by atoms with E-state index in [4.69, 9.17) is 4.74 Å². The third-order valence-corrected chi connectivity index (χ3v) is 6.36. The molecular formula is C23H28N2O2. The predicted molar refractivity (Wildman–Crippen MR) is 107 cm³/mol. The molecule has 2 N–H and O–H groups in total. The molecule has 0 aromatic heterocycles. The molecule has 0 radical (unpaired) electrons. The Morgan fingerprint density at radius 1 is 1.15 bits per heavy atom. The van der Waals surface area contributed by atoms with Gasteiger partial charge >= 0.3 is 0 Å². The fourth-order valence-corrected chi connectivity index (χ4v) is 5.07. The smallest absolute Gasteiger partial charge is 0.252 e. The predicted octanol–water partition coefficient (Wildman–Crippen LogP) is 3.37. The highest BCUT2D eigenvalue weighted by Crippen LogP contribution is 2.51. The standard InChI is InChI=1S/C23H28N2O2/c1-3-16-8-4-5-9-17(16)22(26)25-20-18-10-6-7-11-19(18)23(21(20)27-2)12-14-24-15-13-23/h4-11,20-21,24H,3,12-15H2,1-2H3,(H,25,26)/t20-,21+/m0/s1. The summed E-state index contributed by atoms with van der Waals surface area (Å²) in [6.45, 7) is 4.04. The van der Waals surface area contributed by atoms with Gasteiger partial charge in [-0.2, -0.15) is 0 Å². The van der Waals surface area contributed by atoms with Crippen LogP contribution in [0.4, 0.5) is 0 Å². The van der Waals surface area contributed by atoms with E-state index in [1.54, 1.807) is 7.11 Å². The first-order valence-electron chi connectivity index (χ1n) is 9.93. The van der Waals surface area contributed by atoms with E-state index in [2.05, 4.69) is 41.8 Å². The lowest BCUT2D eigenvalue weighted by molar-refractivity contribution is 0.00396. The van der Waals surface area contributed by atoms with Crippen LogP contribution in [0.15, 0.2) is 48.5 Å². The van der Waals surface area contributed by atoms with Crippen molar-refractivity contribution in [2.24, 2.45) is 0 Å². The van der Waals surface area contributed by atoms with Gasteiger partial charge in [0.25, 0.3) is 5.91 Å². The average molecular weight is 364 g/mol. The molecular weight excluding hydrogens is 336 g/mol. The van der Waals surface area contributed by atoms with E-state index in [0.29, 0.717) is 0 Å². The number of carbonyl (C=O) groups excluding carboxylic acids is 1. The number of nitrogens with one attached hydrogen (secondary N) is 2. The summed E-state index contributed by atoms with van der Waals surface area (Å²) in [7, 11) is 1.78. The minimum absolute atomic E-state index is 0.0136. The lowest BCUT2D eigenvalue weighted by atomic mass is 9.72. The van der Waals surface area contributed by atoms with Crippen molar-refractivity contribution in [2.45, 2.75) is 43.7 Å². The third-order valence-electron chi connectivity index (χ3n) is 6.36. The van der Waals surface area contributed by atoms with Crippen LogP contribution in [0.1, 0.15) is 52.9 Å². The molecule has 4 heteroatoms. The van der Waals surface area contributed by atoms with Crippen molar-refractivity contribution in [1.29, 1.82) is 0 Å². The Morgan fingerprint density at radius 3 is 2.59 bits per heavy atom. The average Bonchev–Trinajstić information content (AvgIpc) is 2.97. The van der Waals surface area contributed by atoms with Crippen molar-refractivity contribution in [3.8, 4) is 0 Å². The largest absolute Gasteiger partial charge is 0.378 e. The monoisotopic (exact) mass is 364 g/mol. The summed E-state index contributed by atoms with van der Waals surface area (Å²) in [5, 5.41) is 6.78. The van der Waals surface area contributed by atoms with Crippen LogP contribution in [-0.4, -0.2) is 32.2 Å². The second-order valence-electron chi connectivity index (χ2n) is 7.61.